The smallest absolute Gasteiger partial charge is 0.200 e. The first-order valence-electron chi connectivity index (χ1n) is 11.2. The number of hydrogen-bond donors (Lipinski definition) is 0. The Morgan fingerprint density at radius 1 is 0.326 bits per heavy atom. The first-order valence-corrected chi connectivity index (χ1v) is 14.9. The minimum atomic E-state index is -6.50. The van der Waals surface area contributed by atoms with Gasteiger partial charge in [0.25, 0.3) is 0 Å². The van der Waals surface area contributed by atoms with E-state index in [0.29, 0.717) is 22.6 Å². The van der Waals surface area contributed by atoms with Gasteiger partial charge in [0.1, 0.15) is 41.0 Å². The van der Waals surface area contributed by atoms with Gasteiger partial charge in [-0.1, -0.05) is 25.2 Å². The first-order chi connectivity index (χ1) is 21.2. The van der Waals surface area contributed by atoms with Gasteiger partial charge in [0.15, 0.2) is 69.8 Å². The average Bonchev–Trinajstić information content (AvgIpc) is 3.03. The Morgan fingerprint density at radius 2 is 0.565 bits per heavy atom. The molecule has 0 unspecified atom stereocenters. The van der Waals surface area contributed by atoms with Crippen molar-refractivity contribution >= 4 is 75.8 Å². The standard InChI is InChI=1S/C25H2BF18I2/c1-46-25-5(11(32)17(38)21(42)23(25)44)26(2-6(27)12(33)18(39)13(34)7(2)28,3-8(29)14(35)19(40)15(36)9(3)30)4-10(31)16(37)20(41)22(43)24(4)45/h1H2/q-1. The average molecular weight is 909 g/mol. The molecule has 0 saturated carbocycles. The molecule has 46 heavy (non-hydrogen) atoms. The van der Waals surface area contributed by atoms with Gasteiger partial charge in [-0.3, -0.25) is 0 Å². The quantitative estimate of drug-likeness (QED) is 0.0685. The van der Waals surface area contributed by atoms with Crippen molar-refractivity contribution in [2.75, 3.05) is 0 Å². The Labute approximate surface area is 265 Å². The normalized spacial score (nSPS) is 12.0. The van der Waals surface area contributed by atoms with E-state index in [1.807, 2.05) is 0 Å². The number of benzene rings is 4. The summed E-state index contributed by atoms with van der Waals surface area (Å²) in [5.74, 6) is -57.0. The summed E-state index contributed by atoms with van der Waals surface area (Å²) in [6, 6.07) is 0. The van der Waals surface area contributed by atoms with Crippen LogP contribution in [0, 0.1) is 112 Å². The summed E-state index contributed by atoms with van der Waals surface area (Å²) >= 11 is -2.58. The lowest BCUT2D eigenvalue weighted by Gasteiger charge is -2.46. The molecule has 0 nitrogen and oxygen atoms in total. The molecule has 0 saturated heterocycles. The first kappa shape index (κ1) is 35.9. The zero-order valence-electron chi connectivity index (χ0n) is 20.8. The lowest BCUT2D eigenvalue weighted by Crippen LogP contribution is -2.81. The van der Waals surface area contributed by atoms with Crippen LogP contribution in [0.25, 0.3) is 0 Å². The summed E-state index contributed by atoms with van der Waals surface area (Å²) < 4.78 is 269. The maximum atomic E-state index is 15.9. The Kier molecular flexibility index (Phi) is 9.54. The molecule has 0 radical (unpaired) electrons. The van der Waals surface area contributed by atoms with Crippen molar-refractivity contribution in [1.29, 1.82) is 0 Å². The Bertz CT molecular complexity index is 1770. The van der Waals surface area contributed by atoms with E-state index in [4.69, 9.17) is 0 Å². The van der Waals surface area contributed by atoms with Crippen molar-refractivity contribution in [2.45, 2.75) is 0 Å². The van der Waals surface area contributed by atoms with Gasteiger partial charge in [-0.15, -0.1) is 21.9 Å². The lowest BCUT2D eigenvalue weighted by molar-refractivity contribution is 0.381. The van der Waals surface area contributed by atoms with Crippen LogP contribution in [0.2, 0.25) is 0 Å². The topological polar surface area (TPSA) is 0 Å². The molecular weight excluding hydrogens is 907 g/mol. The van der Waals surface area contributed by atoms with Crippen molar-refractivity contribution in [1.82, 2.24) is 0 Å². The minimum absolute atomic E-state index is 0.323. The molecule has 4 aromatic carbocycles. The molecule has 0 spiro atoms. The summed E-state index contributed by atoms with van der Waals surface area (Å²) in [7, 11) is 0. The van der Waals surface area contributed by atoms with Gasteiger partial charge in [-0.25, -0.2) is 79.0 Å². The Hall–Kier alpha value is -2.99. The van der Waals surface area contributed by atoms with E-state index in [1.54, 1.807) is 0 Å². The third-order valence-electron chi connectivity index (χ3n) is 6.84. The van der Waals surface area contributed by atoms with Crippen molar-refractivity contribution in [3.05, 3.63) is 112 Å². The maximum absolute atomic E-state index is 15.9. The highest BCUT2D eigenvalue weighted by atomic mass is 127. The van der Waals surface area contributed by atoms with Gasteiger partial charge < -0.3 is 0 Å². The molecule has 21 heteroatoms. The van der Waals surface area contributed by atoms with Gasteiger partial charge in [0.2, 0.25) is 0 Å². The van der Waals surface area contributed by atoms with Gasteiger partial charge >= 0.3 is 0 Å². The summed E-state index contributed by atoms with van der Waals surface area (Å²) in [5.41, 5.74) is -11.6. The SMILES string of the molecule is C=Ic1c(F)c(F)c(F)c(F)c1[B-](c1c(F)c(F)c(F)c(F)c1F)(c1c(F)c(F)c(F)c(F)c1F)c1c(F)c(F)c(F)c(F)c1I. The maximum Gasteiger partial charge on any atom is 0.200 e. The molecule has 0 heterocycles. The predicted molar refractivity (Wildman–Crippen MR) is 142 cm³/mol. The zero-order chi connectivity index (χ0) is 35.1. The van der Waals surface area contributed by atoms with Crippen LogP contribution in [0.3, 0.4) is 0 Å². The Balaban J connectivity index is 2.73. The summed E-state index contributed by atoms with van der Waals surface area (Å²) in [6.45, 7) is 0. The highest BCUT2D eigenvalue weighted by Crippen LogP contribution is 2.32. The fourth-order valence-corrected chi connectivity index (χ4v) is 7.63. The fraction of sp³-hybridized carbons (Fsp3) is 0. The van der Waals surface area contributed by atoms with Gasteiger partial charge in [-0.05, 0) is 22.6 Å². The van der Waals surface area contributed by atoms with Gasteiger partial charge in [0, 0.05) is 7.14 Å². The molecule has 0 aromatic heterocycles. The predicted octanol–water partition coefficient (Wildman–Crippen LogP) is 6.74. The highest BCUT2D eigenvalue weighted by molar-refractivity contribution is 14.2. The van der Waals surface area contributed by atoms with Gasteiger partial charge in [0.05, 0.1) is 0 Å². The van der Waals surface area contributed by atoms with Crippen LogP contribution in [0.4, 0.5) is 79.0 Å². The molecule has 0 aliphatic heterocycles. The molecule has 0 aliphatic carbocycles. The fourth-order valence-electron chi connectivity index (χ4n) is 5.00. The van der Waals surface area contributed by atoms with Crippen LogP contribution < -0.4 is 21.9 Å². The number of rotatable bonds is 5. The third-order valence-corrected chi connectivity index (χ3v) is 9.71. The molecule has 4 aromatic rings. The van der Waals surface area contributed by atoms with Crippen LogP contribution in [0.15, 0.2) is 0 Å². The summed E-state index contributed by atoms with van der Waals surface area (Å²) in [5, 5.41) is 0. The van der Waals surface area contributed by atoms with Crippen LogP contribution in [0.1, 0.15) is 0 Å². The second-order valence-corrected chi connectivity index (χ2v) is 11.9. The molecule has 0 N–H and O–H groups in total. The minimum Gasteiger partial charge on any atom is -0.207 e. The molecule has 246 valence electrons. The van der Waals surface area contributed by atoms with E-state index in [-0.39, 0.29) is 0 Å². The second-order valence-electron chi connectivity index (χ2n) is 8.93. The van der Waals surface area contributed by atoms with Crippen molar-refractivity contribution < 1.29 is 79.0 Å². The Morgan fingerprint density at radius 3 is 0.891 bits per heavy atom. The molecule has 0 bridgehead atoms. The second kappa shape index (κ2) is 12.2. The van der Waals surface area contributed by atoms with Crippen LogP contribution >= 0.6 is 43.3 Å². The lowest BCUT2D eigenvalue weighted by atomic mass is 9.12. The van der Waals surface area contributed by atoms with E-state index in [9.17, 15) is 48.3 Å². The molecule has 4 rings (SSSR count). The van der Waals surface area contributed by atoms with E-state index in [2.05, 4.69) is 4.51 Å². The highest BCUT2D eigenvalue weighted by Gasteiger charge is 2.51. The van der Waals surface area contributed by atoms with Crippen LogP contribution in [0.5, 0.6) is 0 Å². The third kappa shape index (κ3) is 4.64. The van der Waals surface area contributed by atoms with Crippen molar-refractivity contribution in [3.8, 4) is 0 Å². The number of halogens is 20. The number of hydrogen-bond acceptors (Lipinski definition) is 0. The zero-order valence-corrected chi connectivity index (χ0v) is 25.2. The van der Waals surface area contributed by atoms with E-state index in [1.165, 1.54) is 0 Å². The van der Waals surface area contributed by atoms with E-state index in [0.717, 1.165) is 0 Å². The van der Waals surface area contributed by atoms with Crippen LogP contribution in [-0.2, 0) is 0 Å². The molecule has 0 aliphatic rings. The summed E-state index contributed by atoms with van der Waals surface area (Å²) in [4.78, 5) is 0. The van der Waals surface area contributed by atoms with Crippen LogP contribution in [-0.4, -0.2) is 10.7 Å². The van der Waals surface area contributed by atoms with E-state index < -0.39 is 161 Å². The molecular formula is C25H2BF18I2-. The monoisotopic (exact) mass is 909 g/mol. The van der Waals surface area contributed by atoms with Crippen molar-refractivity contribution in [2.24, 2.45) is 0 Å². The molecule has 0 atom stereocenters. The summed E-state index contributed by atoms with van der Waals surface area (Å²) in [6.07, 6.45) is -6.50. The molecule has 0 fully saturated rings. The van der Waals surface area contributed by atoms with Gasteiger partial charge in [-0.2, -0.15) is 0 Å². The molecule has 0 amide bonds. The largest absolute Gasteiger partial charge is 0.207 e. The van der Waals surface area contributed by atoms with Crippen molar-refractivity contribution in [3.63, 3.8) is 0 Å². The van der Waals surface area contributed by atoms with E-state index >= 15 is 30.7 Å².